The largest absolute Gasteiger partial charge is 0.497 e. The van der Waals surface area contributed by atoms with Crippen LogP contribution >= 0.6 is 0 Å². The predicted molar refractivity (Wildman–Crippen MR) is 127 cm³/mol. The maximum absolute atomic E-state index is 13.4. The summed E-state index contributed by atoms with van der Waals surface area (Å²) in [7, 11) is 1.63. The van der Waals surface area contributed by atoms with E-state index < -0.39 is 0 Å². The van der Waals surface area contributed by atoms with Gasteiger partial charge in [0.2, 0.25) is 0 Å². The number of methoxy groups -OCH3 is 1. The number of nitrogens with one attached hydrogen (secondary N) is 1. The second kappa shape index (κ2) is 9.61. The third kappa shape index (κ3) is 4.39. The highest BCUT2D eigenvalue weighted by atomic mass is 16.5. The van der Waals surface area contributed by atoms with Gasteiger partial charge in [-0.1, -0.05) is 19.8 Å². The third-order valence-electron chi connectivity index (χ3n) is 7.12. The van der Waals surface area contributed by atoms with Crippen LogP contribution in [0.2, 0.25) is 0 Å². The Kier molecular flexibility index (Phi) is 6.41. The van der Waals surface area contributed by atoms with E-state index in [4.69, 9.17) is 4.74 Å². The number of nitrogens with zero attached hydrogens (tertiary/aromatic N) is 6. The van der Waals surface area contributed by atoms with Gasteiger partial charge in [0, 0.05) is 37.8 Å². The topological polar surface area (TPSA) is 92.2 Å². The average Bonchev–Trinajstić information content (AvgIpc) is 3.53. The molecule has 1 aliphatic heterocycles. The van der Waals surface area contributed by atoms with E-state index in [1.165, 1.54) is 12.8 Å². The van der Waals surface area contributed by atoms with Gasteiger partial charge in [-0.3, -0.25) is 9.69 Å². The number of benzene rings is 1. The number of aromatic nitrogens is 5. The van der Waals surface area contributed by atoms with Gasteiger partial charge in [-0.15, -0.1) is 5.10 Å². The first-order chi connectivity index (χ1) is 16.2. The highest BCUT2D eigenvalue weighted by Gasteiger charge is 2.34. The molecule has 9 heteroatoms. The number of aromatic amines is 1. The van der Waals surface area contributed by atoms with Gasteiger partial charge < -0.3 is 14.6 Å². The predicted octanol–water partition coefficient (Wildman–Crippen LogP) is 2.76. The molecule has 0 amide bonds. The molecule has 1 aliphatic carbocycles. The van der Waals surface area contributed by atoms with Crippen LogP contribution in [0.25, 0.3) is 10.9 Å². The number of piperazine rings is 1. The van der Waals surface area contributed by atoms with Crippen LogP contribution in [0.3, 0.4) is 0 Å². The molecule has 0 unspecified atom stereocenters. The van der Waals surface area contributed by atoms with Crippen molar-refractivity contribution in [2.24, 2.45) is 0 Å². The summed E-state index contributed by atoms with van der Waals surface area (Å²) in [4.78, 5) is 21.4. The highest BCUT2D eigenvalue weighted by molar-refractivity contribution is 5.80. The lowest BCUT2D eigenvalue weighted by atomic mass is 10.0. The lowest BCUT2D eigenvalue weighted by molar-refractivity contribution is 0.103. The number of H-pyrrole nitrogens is 1. The summed E-state index contributed by atoms with van der Waals surface area (Å²) in [5, 5.41) is 13.9. The molecule has 2 fully saturated rings. The van der Waals surface area contributed by atoms with Gasteiger partial charge in [-0.05, 0) is 59.8 Å². The summed E-state index contributed by atoms with van der Waals surface area (Å²) >= 11 is 0. The molecule has 1 aromatic carbocycles. The zero-order chi connectivity index (χ0) is 22.8. The lowest BCUT2D eigenvalue weighted by Gasteiger charge is -2.38. The van der Waals surface area contributed by atoms with Gasteiger partial charge in [0.1, 0.15) is 11.8 Å². The fourth-order valence-electron chi connectivity index (χ4n) is 5.38. The molecule has 1 N–H and O–H groups in total. The van der Waals surface area contributed by atoms with Crippen LogP contribution in [0.1, 0.15) is 62.5 Å². The molecule has 0 spiro atoms. The van der Waals surface area contributed by atoms with Gasteiger partial charge in [-0.25, -0.2) is 4.68 Å². The SMILES string of the molecule is CCCN1CCN([C@H](c2cc3ccc(OC)cc3[nH]c2=O)c2nnnn2C2CCCC2)CC1. The van der Waals surface area contributed by atoms with Gasteiger partial charge >= 0.3 is 0 Å². The second-order valence-corrected chi connectivity index (χ2v) is 9.21. The lowest BCUT2D eigenvalue weighted by Crippen LogP contribution is -2.49. The molecule has 33 heavy (non-hydrogen) atoms. The van der Waals surface area contributed by atoms with Gasteiger partial charge in [-0.2, -0.15) is 0 Å². The molecule has 9 nitrogen and oxygen atoms in total. The van der Waals surface area contributed by atoms with E-state index in [1.54, 1.807) is 7.11 Å². The van der Waals surface area contributed by atoms with Crippen molar-refractivity contribution in [2.75, 3.05) is 39.8 Å². The molecule has 1 atom stereocenters. The van der Waals surface area contributed by atoms with Crippen molar-refractivity contribution in [1.29, 1.82) is 0 Å². The number of hydrogen-bond donors (Lipinski definition) is 1. The van der Waals surface area contributed by atoms with Crippen molar-refractivity contribution in [1.82, 2.24) is 35.0 Å². The fraction of sp³-hybridized carbons (Fsp3) is 0.583. The van der Waals surface area contributed by atoms with Crippen LogP contribution in [0.5, 0.6) is 5.75 Å². The van der Waals surface area contributed by atoms with Crippen molar-refractivity contribution >= 4 is 10.9 Å². The summed E-state index contributed by atoms with van der Waals surface area (Å²) in [6, 6.07) is 7.81. The van der Waals surface area contributed by atoms with Crippen LogP contribution < -0.4 is 10.3 Å². The highest BCUT2D eigenvalue weighted by Crippen LogP contribution is 2.34. The van der Waals surface area contributed by atoms with Crippen molar-refractivity contribution < 1.29 is 4.74 Å². The zero-order valence-electron chi connectivity index (χ0n) is 19.5. The molecule has 2 aliphatic rings. The van der Waals surface area contributed by atoms with Crippen LogP contribution in [-0.2, 0) is 0 Å². The molecule has 3 aromatic rings. The molecule has 0 radical (unpaired) electrons. The molecule has 3 heterocycles. The number of pyridine rings is 1. The summed E-state index contributed by atoms with van der Waals surface area (Å²) in [6.07, 6.45) is 5.72. The molecule has 2 aromatic heterocycles. The molecule has 5 rings (SSSR count). The van der Waals surface area contributed by atoms with E-state index in [0.29, 0.717) is 11.6 Å². The number of tetrazole rings is 1. The van der Waals surface area contributed by atoms with Crippen LogP contribution in [0, 0.1) is 0 Å². The number of fused-ring (bicyclic) bond motifs is 1. The van der Waals surface area contributed by atoms with Crippen LogP contribution in [0.15, 0.2) is 29.1 Å². The molecule has 176 valence electrons. The molecular formula is C24H33N7O2. The number of hydrogen-bond acceptors (Lipinski definition) is 7. The monoisotopic (exact) mass is 451 g/mol. The Balaban J connectivity index is 1.57. The number of ether oxygens (including phenoxy) is 1. The Morgan fingerprint density at radius 2 is 1.94 bits per heavy atom. The normalized spacial score (nSPS) is 19.3. The van der Waals surface area contributed by atoms with E-state index in [2.05, 4.69) is 37.2 Å². The van der Waals surface area contributed by atoms with Crippen molar-refractivity contribution in [3.63, 3.8) is 0 Å². The standard InChI is InChI=1S/C24H33N7O2/c1-3-10-29-11-13-30(14-12-29)22(23-26-27-28-31(23)18-6-4-5-7-18)20-15-17-8-9-19(33-2)16-21(17)25-24(20)32/h8-9,15-16,18,22H,3-7,10-14H2,1-2H3,(H,25,32)/t22-/m1/s1. The molecule has 0 bridgehead atoms. The molecular weight excluding hydrogens is 418 g/mol. The Labute approximate surface area is 193 Å². The van der Waals surface area contributed by atoms with Crippen molar-refractivity contribution in [2.45, 2.75) is 51.1 Å². The van der Waals surface area contributed by atoms with Gasteiger partial charge in [0.05, 0.1) is 18.7 Å². The smallest absolute Gasteiger partial charge is 0.253 e. The minimum atomic E-state index is -0.278. The summed E-state index contributed by atoms with van der Waals surface area (Å²) < 4.78 is 7.33. The van der Waals surface area contributed by atoms with Gasteiger partial charge in [0.15, 0.2) is 5.82 Å². The quantitative estimate of drug-likeness (QED) is 0.590. The maximum atomic E-state index is 13.4. The summed E-state index contributed by atoms with van der Waals surface area (Å²) in [6.45, 7) is 7.05. The zero-order valence-corrected chi connectivity index (χ0v) is 19.5. The van der Waals surface area contributed by atoms with Crippen molar-refractivity contribution in [3.05, 3.63) is 46.0 Å². The van der Waals surface area contributed by atoms with Crippen LogP contribution in [-0.4, -0.2) is 74.8 Å². The second-order valence-electron chi connectivity index (χ2n) is 9.21. The summed E-state index contributed by atoms with van der Waals surface area (Å²) in [5.41, 5.74) is 1.37. The van der Waals surface area contributed by atoms with Crippen LogP contribution in [0.4, 0.5) is 0 Å². The first kappa shape index (κ1) is 22.0. The van der Waals surface area contributed by atoms with E-state index >= 15 is 0 Å². The fourth-order valence-corrected chi connectivity index (χ4v) is 5.38. The van der Waals surface area contributed by atoms with Gasteiger partial charge in [0.25, 0.3) is 5.56 Å². The Bertz CT molecular complexity index is 1140. The van der Waals surface area contributed by atoms with E-state index in [9.17, 15) is 4.79 Å². The molecule has 1 saturated heterocycles. The Morgan fingerprint density at radius 1 is 1.15 bits per heavy atom. The number of rotatable bonds is 7. The minimum Gasteiger partial charge on any atom is -0.497 e. The molecule has 1 saturated carbocycles. The van der Waals surface area contributed by atoms with E-state index in [0.717, 1.165) is 74.5 Å². The van der Waals surface area contributed by atoms with E-state index in [-0.39, 0.29) is 11.6 Å². The average molecular weight is 452 g/mol. The minimum absolute atomic E-state index is 0.0993. The Hall–Kier alpha value is -2.78. The van der Waals surface area contributed by atoms with Crippen molar-refractivity contribution in [3.8, 4) is 5.75 Å². The summed E-state index contributed by atoms with van der Waals surface area (Å²) in [5.74, 6) is 1.50. The van der Waals surface area contributed by atoms with E-state index in [1.807, 2.05) is 28.9 Å². The maximum Gasteiger partial charge on any atom is 0.253 e. The Morgan fingerprint density at radius 3 is 2.67 bits per heavy atom. The first-order valence-corrected chi connectivity index (χ1v) is 12.1. The third-order valence-corrected chi connectivity index (χ3v) is 7.12. The first-order valence-electron chi connectivity index (χ1n) is 12.1.